The van der Waals surface area contributed by atoms with Crippen molar-refractivity contribution in [2.45, 2.75) is 38.9 Å². The third-order valence-electron chi connectivity index (χ3n) is 2.41. The predicted octanol–water partition coefficient (Wildman–Crippen LogP) is 2.25. The molecule has 0 aliphatic carbocycles. The quantitative estimate of drug-likeness (QED) is 0.578. The number of rotatable bonds is 2. The van der Waals surface area contributed by atoms with E-state index < -0.39 is 8.32 Å². The lowest BCUT2D eigenvalue weighted by Gasteiger charge is -2.35. The van der Waals surface area contributed by atoms with E-state index in [2.05, 4.69) is 46.2 Å². The molecule has 0 unspecified atom stereocenters. The van der Waals surface area contributed by atoms with Crippen molar-refractivity contribution in [2.24, 2.45) is 0 Å². The molecule has 0 aliphatic rings. The zero-order valence-corrected chi connectivity index (χ0v) is 11.4. The van der Waals surface area contributed by atoms with Crippen LogP contribution in [0, 0.1) is 24.7 Å². The number of hydrogen-bond acceptors (Lipinski definition) is 2. The Morgan fingerprint density at radius 3 is 1.80 bits per heavy atom. The summed E-state index contributed by atoms with van der Waals surface area (Å²) >= 11 is 0. The highest BCUT2D eigenvalue weighted by Gasteiger charge is 2.36. The van der Waals surface area contributed by atoms with Gasteiger partial charge in [0, 0.05) is 0 Å². The van der Waals surface area contributed by atoms with Gasteiger partial charge in [-0.25, -0.2) is 0 Å². The van der Waals surface area contributed by atoms with Gasteiger partial charge in [0.1, 0.15) is 6.61 Å². The second kappa shape index (κ2) is 7.54. The summed E-state index contributed by atoms with van der Waals surface area (Å²) in [5, 5.41) is 7.91. The number of hydrogen-bond donors (Lipinski definition) is 1. The maximum Gasteiger partial charge on any atom is 0.193 e. The zero-order chi connectivity index (χ0) is 12.5. The van der Waals surface area contributed by atoms with Gasteiger partial charge in [-0.1, -0.05) is 32.6 Å². The fraction of sp³-hybridized carbons (Fsp3) is 0.667. The van der Waals surface area contributed by atoms with Gasteiger partial charge in [0.05, 0.1) is 6.61 Å². The van der Waals surface area contributed by atoms with Crippen LogP contribution in [0.25, 0.3) is 0 Å². The second-order valence-electron chi connectivity index (χ2n) is 4.62. The summed E-state index contributed by atoms with van der Waals surface area (Å²) in [6, 6.07) is 0. The molecule has 86 valence electrons. The molecule has 0 aromatic carbocycles. The molecule has 3 heteroatoms. The van der Waals surface area contributed by atoms with Gasteiger partial charge in [-0.05, 0) is 18.1 Å². The molecule has 0 aromatic rings. The van der Waals surface area contributed by atoms with Crippen molar-refractivity contribution in [1.82, 2.24) is 0 Å². The van der Waals surface area contributed by atoms with Gasteiger partial charge in [0.2, 0.25) is 0 Å². The van der Waals surface area contributed by atoms with Crippen molar-refractivity contribution in [1.29, 1.82) is 0 Å². The molecule has 0 heterocycles. The maximum absolute atomic E-state index is 7.64. The Morgan fingerprint density at radius 2 is 1.60 bits per heavy atom. The van der Waals surface area contributed by atoms with Crippen LogP contribution in [-0.2, 0) is 4.43 Å². The highest BCUT2D eigenvalue weighted by Crippen LogP contribution is 2.36. The summed E-state index contributed by atoms with van der Waals surface area (Å²) in [4.78, 5) is 0. The van der Waals surface area contributed by atoms with Crippen LogP contribution >= 0.6 is 0 Å². The van der Waals surface area contributed by atoms with Crippen LogP contribution in [-0.4, -0.2) is 26.6 Å². The first kappa shape index (κ1) is 16.7. The summed E-state index contributed by atoms with van der Waals surface area (Å²) < 4.78 is 5.65. The van der Waals surface area contributed by atoms with Gasteiger partial charge in [-0.15, -0.1) is 12.8 Å². The highest BCUT2D eigenvalue weighted by molar-refractivity contribution is 6.74. The smallest absolute Gasteiger partial charge is 0.193 e. The second-order valence-corrected chi connectivity index (χ2v) is 9.42. The predicted molar refractivity (Wildman–Crippen MR) is 67.9 cm³/mol. The molecule has 1 N–H and O–H groups in total. The molecule has 0 amide bonds. The van der Waals surface area contributed by atoms with E-state index in [0.29, 0.717) is 6.61 Å². The molecule has 15 heavy (non-hydrogen) atoms. The number of aliphatic hydroxyl groups is 1. The van der Waals surface area contributed by atoms with Gasteiger partial charge in [0.25, 0.3) is 0 Å². The van der Waals surface area contributed by atoms with Crippen LogP contribution in [0.15, 0.2) is 0 Å². The fourth-order valence-electron chi connectivity index (χ4n) is 0.439. The largest absolute Gasteiger partial charge is 0.406 e. The average molecular weight is 226 g/mol. The Balaban J connectivity index is 0. The normalized spacial score (nSPS) is 10.7. The van der Waals surface area contributed by atoms with Crippen molar-refractivity contribution >= 4 is 8.32 Å². The molecule has 2 nitrogen and oxygen atoms in total. The molecule has 0 spiro atoms. The Hall–Kier alpha value is -0.743. The van der Waals surface area contributed by atoms with Crippen LogP contribution in [0.1, 0.15) is 20.8 Å². The molecular formula is C12H22O2Si. The summed E-state index contributed by atoms with van der Waals surface area (Å²) in [5.41, 5.74) is 0. The Labute approximate surface area is 95.2 Å². The molecular weight excluding hydrogens is 204 g/mol. The Kier molecular flexibility index (Phi) is 8.38. The van der Waals surface area contributed by atoms with Gasteiger partial charge in [-0.3, -0.25) is 0 Å². The third-order valence-corrected chi connectivity index (χ3v) is 6.89. The molecule has 0 fully saturated rings. The molecule has 0 saturated heterocycles. The van der Waals surface area contributed by atoms with Crippen molar-refractivity contribution in [2.75, 3.05) is 13.2 Å². The Bertz CT molecular complexity index is 238. The lowest BCUT2D eigenvalue weighted by atomic mass is 10.2. The topological polar surface area (TPSA) is 29.5 Å². The lowest BCUT2D eigenvalue weighted by molar-refractivity contribution is 0.334. The lowest BCUT2D eigenvalue weighted by Crippen LogP contribution is -2.40. The van der Waals surface area contributed by atoms with E-state index in [9.17, 15) is 0 Å². The van der Waals surface area contributed by atoms with E-state index in [1.54, 1.807) is 0 Å². The van der Waals surface area contributed by atoms with Gasteiger partial charge < -0.3 is 9.53 Å². The van der Waals surface area contributed by atoms with E-state index in [4.69, 9.17) is 16.0 Å². The molecule has 0 bridgehead atoms. The summed E-state index contributed by atoms with van der Waals surface area (Å²) in [7, 11) is -1.57. The van der Waals surface area contributed by atoms with E-state index >= 15 is 0 Å². The molecule has 0 radical (unpaired) electrons. The van der Waals surface area contributed by atoms with Crippen molar-refractivity contribution in [3.05, 3.63) is 0 Å². The maximum atomic E-state index is 7.64. The molecule has 0 rings (SSSR count). The van der Waals surface area contributed by atoms with E-state index in [1.165, 1.54) is 0 Å². The Morgan fingerprint density at radius 1 is 1.20 bits per heavy atom. The van der Waals surface area contributed by atoms with Crippen molar-refractivity contribution in [3.63, 3.8) is 0 Å². The zero-order valence-electron chi connectivity index (χ0n) is 10.4. The minimum atomic E-state index is -1.57. The van der Waals surface area contributed by atoms with Crippen LogP contribution in [0.3, 0.4) is 0 Å². The van der Waals surface area contributed by atoms with Crippen LogP contribution in [0.2, 0.25) is 18.1 Å². The van der Waals surface area contributed by atoms with E-state index in [1.807, 2.05) is 5.92 Å². The minimum Gasteiger partial charge on any atom is -0.406 e. The summed E-state index contributed by atoms with van der Waals surface area (Å²) in [6.07, 6.45) is 9.65. The molecule has 0 saturated carbocycles. The molecule has 0 aromatic heterocycles. The first-order valence-corrected chi connectivity index (χ1v) is 7.75. The SMILES string of the molecule is C#CCO.C#CCO[Si](C)(C)C(C)(C)C. The van der Waals surface area contributed by atoms with Crippen LogP contribution < -0.4 is 0 Å². The third kappa shape index (κ3) is 8.26. The van der Waals surface area contributed by atoms with E-state index in [0.717, 1.165) is 0 Å². The fourth-order valence-corrected chi connectivity index (χ4v) is 1.32. The first-order valence-electron chi connectivity index (χ1n) is 4.84. The van der Waals surface area contributed by atoms with Gasteiger partial charge in [0.15, 0.2) is 8.32 Å². The van der Waals surface area contributed by atoms with Crippen molar-refractivity contribution < 1.29 is 9.53 Å². The number of aliphatic hydroxyl groups excluding tert-OH is 1. The number of terminal acetylenes is 2. The summed E-state index contributed by atoms with van der Waals surface area (Å²) in [6.45, 7) is 11.3. The summed E-state index contributed by atoms with van der Waals surface area (Å²) in [5.74, 6) is 4.49. The van der Waals surface area contributed by atoms with E-state index in [-0.39, 0.29) is 11.6 Å². The first-order chi connectivity index (χ1) is 6.72. The highest BCUT2D eigenvalue weighted by atomic mass is 28.4. The van der Waals surface area contributed by atoms with Crippen LogP contribution in [0.4, 0.5) is 0 Å². The van der Waals surface area contributed by atoms with Crippen molar-refractivity contribution in [3.8, 4) is 24.7 Å². The monoisotopic (exact) mass is 226 g/mol. The average Bonchev–Trinajstić information content (AvgIpc) is 2.13. The molecule has 0 aliphatic heterocycles. The van der Waals surface area contributed by atoms with Crippen LogP contribution in [0.5, 0.6) is 0 Å². The molecule has 0 atom stereocenters. The van der Waals surface area contributed by atoms with Gasteiger partial charge in [-0.2, -0.15) is 0 Å². The van der Waals surface area contributed by atoms with Gasteiger partial charge >= 0.3 is 0 Å². The minimum absolute atomic E-state index is 0.153. The standard InChI is InChI=1S/C9H18OSi.C3H4O/c1-7-8-10-11(5,6)9(2,3)4;1-2-3-4/h1H,8H2,2-6H3;1,4H,3H2.